The Morgan fingerprint density at radius 3 is 2.24 bits per heavy atom. The molecule has 9 rings (SSSR count). The average Bonchev–Trinajstić information content (AvgIpc) is 4.23. The second-order valence-corrected chi connectivity index (χ2v) is 21.3. The smallest absolute Gasteiger partial charge is 0.312 e. The van der Waals surface area contributed by atoms with E-state index in [2.05, 4.69) is 15.3 Å². The van der Waals surface area contributed by atoms with Crippen molar-refractivity contribution in [3.05, 3.63) is 94.8 Å². The Bertz CT molecular complexity index is 2970. The molecule has 0 spiro atoms. The second kappa shape index (κ2) is 26.3. The number of carbonyl (C=O) groups is 4. The summed E-state index contributed by atoms with van der Waals surface area (Å²) in [6.07, 6.45) is 15.6. The quantitative estimate of drug-likeness (QED) is 0.0338. The van der Waals surface area contributed by atoms with E-state index in [9.17, 15) is 44.7 Å². The normalized spacial score (nSPS) is 28.3. The SMILES string of the molecule is CO[C@H]1/C=C/O[C@@]2(C)Oc3c(C)c(O)c4c(O)c(c(/C=N\N5CCN(C)CC5)c(O)c4c3C2=O)NC(=O)/C(C)=C\C=C\[C@H](C)[C@H](O)[C@@H](C)[C@@H](O)[C@@H](C)[C@H](OC(C)=O)[C@@H]1C.O=C(/C=C/C=C/c1ccc2c(c1)OCO2)N1CCCCC1. The molecule has 5 bridgehead atoms. The molecular formula is C60H77N5O15. The molecule has 432 valence electrons. The van der Waals surface area contributed by atoms with Gasteiger partial charge in [0.05, 0.1) is 53.0 Å². The minimum absolute atomic E-state index is 0.0559. The van der Waals surface area contributed by atoms with Crippen LogP contribution in [0.25, 0.3) is 16.8 Å². The summed E-state index contributed by atoms with van der Waals surface area (Å²) in [5.41, 5.74) is 0.672. The third-order valence-electron chi connectivity index (χ3n) is 15.6. The number of likely N-dealkylation sites (N-methyl/N-ethyl adjacent to an activating group) is 1. The highest BCUT2D eigenvalue weighted by Gasteiger charge is 2.50. The van der Waals surface area contributed by atoms with Crippen molar-refractivity contribution in [3.8, 4) is 34.5 Å². The van der Waals surface area contributed by atoms with Gasteiger partial charge in [-0.1, -0.05) is 70.2 Å². The lowest BCUT2D eigenvalue weighted by Crippen LogP contribution is -2.46. The van der Waals surface area contributed by atoms with Crippen LogP contribution in [0.1, 0.15) is 94.8 Å². The molecule has 2 amide bonds. The molecule has 20 heteroatoms. The van der Waals surface area contributed by atoms with Crippen LogP contribution in [0.5, 0.6) is 34.5 Å². The van der Waals surface area contributed by atoms with Crippen LogP contribution in [0.3, 0.4) is 0 Å². The molecule has 3 aromatic carbocycles. The molecule has 0 unspecified atom stereocenters. The second-order valence-electron chi connectivity index (χ2n) is 21.3. The number of Topliss-reactive ketones (excluding diaryl/α,β-unsaturated/α-hetero) is 1. The number of hydrogen-bond acceptors (Lipinski definition) is 18. The number of allylic oxidation sites excluding steroid dienone is 4. The number of hydrazone groups is 1. The number of likely N-dealkylation sites (tertiary alicyclic amines) is 1. The fourth-order valence-electron chi connectivity index (χ4n) is 10.5. The van der Waals surface area contributed by atoms with Gasteiger partial charge in [-0.25, -0.2) is 0 Å². The number of esters is 1. The molecule has 2 fully saturated rings. The summed E-state index contributed by atoms with van der Waals surface area (Å²) in [7, 11) is 3.42. The minimum Gasteiger partial charge on any atom is -0.507 e. The van der Waals surface area contributed by atoms with Crippen molar-refractivity contribution in [3.63, 3.8) is 0 Å². The van der Waals surface area contributed by atoms with Crippen molar-refractivity contribution < 1.29 is 73.1 Å². The van der Waals surface area contributed by atoms with Crippen molar-refractivity contribution in [2.45, 2.75) is 105 Å². The van der Waals surface area contributed by atoms with Gasteiger partial charge in [-0.2, -0.15) is 5.10 Å². The highest BCUT2D eigenvalue weighted by atomic mass is 16.7. The number of rotatable bonds is 7. The van der Waals surface area contributed by atoms with E-state index in [1.165, 1.54) is 65.9 Å². The fourth-order valence-corrected chi connectivity index (χ4v) is 10.5. The summed E-state index contributed by atoms with van der Waals surface area (Å²) >= 11 is 0. The number of amides is 2. The zero-order chi connectivity index (χ0) is 58.2. The molecule has 0 aromatic heterocycles. The van der Waals surface area contributed by atoms with Crippen molar-refractivity contribution >= 4 is 52.3 Å². The van der Waals surface area contributed by atoms with Gasteiger partial charge >= 0.3 is 11.8 Å². The molecule has 0 aliphatic carbocycles. The number of benzene rings is 3. The summed E-state index contributed by atoms with van der Waals surface area (Å²) < 4.78 is 34.2. The monoisotopic (exact) mass is 1110 g/mol. The topological polar surface area (TPSA) is 259 Å². The van der Waals surface area contributed by atoms with E-state index in [1.54, 1.807) is 57.0 Å². The number of piperidine rings is 1. The maximum absolute atomic E-state index is 14.4. The highest BCUT2D eigenvalue weighted by Crippen LogP contribution is 2.55. The first-order chi connectivity index (χ1) is 38.1. The first-order valence-corrected chi connectivity index (χ1v) is 27.1. The summed E-state index contributed by atoms with van der Waals surface area (Å²) in [6.45, 7) is 17.1. The summed E-state index contributed by atoms with van der Waals surface area (Å²) in [5, 5.41) is 66.8. The van der Waals surface area contributed by atoms with E-state index >= 15 is 0 Å². The number of aliphatic hydroxyl groups excluding tert-OH is 2. The zero-order valence-electron chi connectivity index (χ0n) is 47.3. The Morgan fingerprint density at radius 2 is 1.55 bits per heavy atom. The molecule has 3 aromatic rings. The first kappa shape index (κ1) is 60.3. The fraction of sp³-hybridized carbons (Fsp3) is 0.483. The summed E-state index contributed by atoms with van der Waals surface area (Å²) in [6, 6.07) is 5.79. The van der Waals surface area contributed by atoms with Crippen LogP contribution >= 0.6 is 0 Å². The highest BCUT2D eigenvalue weighted by molar-refractivity contribution is 6.24. The summed E-state index contributed by atoms with van der Waals surface area (Å²) in [5.74, 6) is -6.69. The molecule has 6 aliphatic heterocycles. The maximum atomic E-state index is 14.4. The molecule has 0 saturated carbocycles. The van der Waals surface area contributed by atoms with Gasteiger partial charge in [0.2, 0.25) is 12.7 Å². The van der Waals surface area contributed by atoms with Crippen molar-refractivity contribution in [1.82, 2.24) is 14.8 Å². The number of carbonyl (C=O) groups excluding carboxylic acids is 4. The van der Waals surface area contributed by atoms with Crippen LogP contribution < -0.4 is 19.5 Å². The maximum Gasteiger partial charge on any atom is 0.312 e. The third kappa shape index (κ3) is 13.4. The van der Waals surface area contributed by atoms with Gasteiger partial charge < -0.3 is 69.1 Å². The Labute approximate surface area is 467 Å². The number of hydrogen-bond donors (Lipinski definition) is 6. The number of anilines is 1. The van der Waals surface area contributed by atoms with Gasteiger partial charge in [-0.15, -0.1) is 0 Å². The standard InChI is InChI=1S/C43H58N4O12.C17H19NO3/c1-21-12-11-13-22(2)42(55)45-33-28(20-44-47-17-15-46(9)16-18-47)37(52)30-31(38(33)53)36(51)26(6)40-32(30)41(54)43(8,59-40)57-19-14-29(56-10)23(3)39(58-27(7)48)25(5)35(50)24(4)34(21)49;19-17(18-10-4-1-5-11-18)7-3-2-6-14-8-9-15-16(12-14)21-13-20-15/h11-14,19-21,23-25,29,34-35,39,49-53H,15-18H2,1-10H3,(H,45,55);2-3,6-9,12H,1,4-5,10-11,13H2/b12-11+,19-14+,22-13-,44-20-;6-2+,7-3+/t21-,23+,24+,25+,29-,34-,35+,39+,43-;/m0./s1. The zero-order valence-corrected chi connectivity index (χ0v) is 47.3. The molecule has 6 N–H and O–H groups in total. The van der Waals surface area contributed by atoms with Crippen LogP contribution in [-0.4, -0.2) is 161 Å². The van der Waals surface area contributed by atoms with E-state index in [0.29, 0.717) is 13.1 Å². The van der Waals surface area contributed by atoms with Crippen LogP contribution in [0, 0.1) is 30.6 Å². The van der Waals surface area contributed by atoms with E-state index in [1.807, 2.05) is 42.3 Å². The van der Waals surface area contributed by atoms with Crippen molar-refractivity contribution in [2.75, 3.05) is 65.5 Å². The molecule has 80 heavy (non-hydrogen) atoms. The minimum atomic E-state index is -2.04. The molecule has 6 heterocycles. The van der Waals surface area contributed by atoms with E-state index in [4.69, 9.17) is 28.4 Å². The number of aromatic hydroxyl groups is 3. The first-order valence-electron chi connectivity index (χ1n) is 27.1. The number of ether oxygens (including phenoxy) is 6. The van der Waals surface area contributed by atoms with Crippen LogP contribution in [0.4, 0.5) is 5.69 Å². The van der Waals surface area contributed by atoms with E-state index < -0.39 is 88.8 Å². The lowest BCUT2D eigenvalue weighted by molar-refractivity contribution is -0.160. The molecule has 9 atom stereocenters. The lowest BCUT2D eigenvalue weighted by Gasteiger charge is -2.38. The number of piperazine rings is 1. The van der Waals surface area contributed by atoms with E-state index in [0.717, 1.165) is 56.1 Å². The number of fused-ring (bicyclic) bond motifs is 15. The van der Waals surface area contributed by atoms with Crippen LogP contribution in [0.15, 0.2) is 77.7 Å². The summed E-state index contributed by atoms with van der Waals surface area (Å²) in [4.78, 5) is 56.5. The largest absolute Gasteiger partial charge is 0.507 e. The number of nitrogens with one attached hydrogen (secondary N) is 1. The average molecular weight is 1110 g/mol. The van der Waals surface area contributed by atoms with Gasteiger partial charge in [0.1, 0.15) is 23.4 Å². The number of phenolic OH excluding ortho intramolecular Hbond substituents is 3. The van der Waals surface area contributed by atoms with Crippen molar-refractivity contribution in [1.29, 1.82) is 0 Å². The van der Waals surface area contributed by atoms with E-state index in [-0.39, 0.29) is 57.2 Å². The Hall–Kier alpha value is -7.39. The van der Waals surface area contributed by atoms with Gasteiger partial charge in [-0.05, 0) is 63.9 Å². The Balaban J connectivity index is 0.000000364. The van der Waals surface area contributed by atoms with Gasteiger partial charge in [0, 0.05) is 106 Å². The number of nitrogens with zero attached hydrogens (tertiary/aromatic N) is 4. The molecule has 2 saturated heterocycles. The lowest BCUT2D eigenvalue weighted by atomic mass is 9.78. The van der Waals surface area contributed by atoms with Crippen LogP contribution in [-0.2, 0) is 28.6 Å². The third-order valence-corrected chi connectivity index (χ3v) is 15.6. The molecule has 6 aliphatic rings. The van der Waals surface area contributed by atoms with Gasteiger partial charge in [0.25, 0.3) is 11.7 Å². The Kier molecular flexibility index (Phi) is 19.8. The number of aliphatic hydroxyl groups is 2. The number of methoxy groups -OCH3 is 1. The Morgan fingerprint density at radius 1 is 0.850 bits per heavy atom. The van der Waals surface area contributed by atoms with Gasteiger partial charge in [-0.3, -0.25) is 24.2 Å². The number of phenols is 3. The van der Waals surface area contributed by atoms with Crippen LogP contribution in [0.2, 0.25) is 0 Å². The molecular weight excluding hydrogens is 1030 g/mol. The predicted octanol–water partition coefficient (Wildman–Crippen LogP) is 7.33. The van der Waals surface area contributed by atoms with Crippen molar-refractivity contribution in [2.24, 2.45) is 28.8 Å². The number of ketones is 1. The predicted molar refractivity (Wildman–Crippen MR) is 302 cm³/mol. The molecule has 0 radical (unpaired) electrons. The molecule has 20 nitrogen and oxygen atoms in total. The van der Waals surface area contributed by atoms with Gasteiger partial charge in [0.15, 0.2) is 17.2 Å².